The molecule has 30 heavy (non-hydrogen) atoms. The largest absolute Gasteiger partial charge is 0.454 e. The number of carbonyl (C=O) groups excluding carboxylic acids is 1. The number of rotatable bonds is 7. The first-order valence-electron chi connectivity index (χ1n) is 10.5. The molecule has 2 aliphatic rings. The van der Waals surface area contributed by atoms with Crippen LogP contribution in [-0.2, 0) is 17.8 Å². The Morgan fingerprint density at radius 3 is 2.90 bits per heavy atom. The van der Waals surface area contributed by atoms with E-state index in [0.717, 1.165) is 54.6 Å². The number of nitrogens with zero attached hydrogens (tertiary/aromatic N) is 2. The normalized spacial score (nSPS) is 14.6. The third-order valence-corrected chi connectivity index (χ3v) is 5.25. The van der Waals surface area contributed by atoms with Crippen LogP contribution < -0.4 is 25.0 Å². The Bertz CT molecular complexity index is 928. The molecule has 2 aromatic carbocycles. The molecule has 2 aromatic rings. The summed E-state index contributed by atoms with van der Waals surface area (Å²) in [5.74, 6) is 2.47. The maximum Gasteiger partial charge on any atom is 0.231 e. The van der Waals surface area contributed by atoms with Crippen molar-refractivity contribution in [2.45, 2.75) is 32.7 Å². The molecule has 0 spiro atoms. The number of carbonyl (C=O) groups is 1. The predicted octanol–water partition coefficient (Wildman–Crippen LogP) is 2.84. The second kappa shape index (κ2) is 9.52. The van der Waals surface area contributed by atoms with Crippen LogP contribution >= 0.6 is 0 Å². The van der Waals surface area contributed by atoms with Crippen molar-refractivity contribution in [3.63, 3.8) is 0 Å². The van der Waals surface area contributed by atoms with E-state index in [1.807, 2.05) is 48.2 Å². The maximum atomic E-state index is 12.6. The lowest BCUT2D eigenvalue weighted by atomic mass is 10.2. The van der Waals surface area contributed by atoms with Gasteiger partial charge in [-0.2, -0.15) is 0 Å². The Hall–Kier alpha value is -3.22. The minimum absolute atomic E-state index is 0.184. The van der Waals surface area contributed by atoms with Gasteiger partial charge in [0.05, 0.1) is 6.54 Å². The first-order chi connectivity index (χ1) is 14.7. The van der Waals surface area contributed by atoms with Gasteiger partial charge in [0.25, 0.3) is 0 Å². The highest BCUT2D eigenvalue weighted by Crippen LogP contribution is 2.32. The Morgan fingerprint density at radius 1 is 1.13 bits per heavy atom. The number of ether oxygens (including phenoxy) is 2. The molecule has 2 heterocycles. The number of para-hydroxylation sites is 1. The summed E-state index contributed by atoms with van der Waals surface area (Å²) < 4.78 is 10.8. The summed E-state index contributed by atoms with van der Waals surface area (Å²) >= 11 is 0. The summed E-state index contributed by atoms with van der Waals surface area (Å²) in [5.41, 5.74) is 3.38. The first-order valence-corrected chi connectivity index (χ1v) is 10.5. The average molecular weight is 409 g/mol. The number of hydrogen-bond acceptors (Lipinski definition) is 4. The van der Waals surface area contributed by atoms with Crippen LogP contribution in [0.15, 0.2) is 47.5 Å². The molecule has 2 aliphatic heterocycles. The molecule has 1 amide bonds. The van der Waals surface area contributed by atoms with E-state index in [0.29, 0.717) is 19.5 Å². The van der Waals surface area contributed by atoms with Gasteiger partial charge in [0.15, 0.2) is 17.5 Å². The molecule has 0 fully saturated rings. The molecular formula is C23H28N4O3. The summed E-state index contributed by atoms with van der Waals surface area (Å²) in [5, 5.41) is 6.57. The molecule has 158 valence electrons. The third-order valence-electron chi connectivity index (χ3n) is 5.25. The van der Waals surface area contributed by atoms with Crippen LogP contribution in [0.2, 0.25) is 0 Å². The van der Waals surface area contributed by atoms with Gasteiger partial charge in [-0.25, -0.2) is 4.99 Å². The zero-order valence-corrected chi connectivity index (χ0v) is 17.3. The van der Waals surface area contributed by atoms with Crippen LogP contribution in [0.5, 0.6) is 11.5 Å². The fourth-order valence-electron chi connectivity index (χ4n) is 3.73. The number of guanidine groups is 1. The van der Waals surface area contributed by atoms with Crippen LogP contribution in [0.4, 0.5) is 5.69 Å². The van der Waals surface area contributed by atoms with E-state index in [2.05, 4.69) is 21.7 Å². The lowest BCUT2D eigenvalue weighted by molar-refractivity contribution is -0.118. The minimum Gasteiger partial charge on any atom is -0.454 e. The molecular weight excluding hydrogens is 380 g/mol. The Labute approximate surface area is 177 Å². The molecule has 0 atom stereocenters. The van der Waals surface area contributed by atoms with Gasteiger partial charge in [-0.05, 0) is 49.1 Å². The van der Waals surface area contributed by atoms with E-state index in [9.17, 15) is 4.79 Å². The molecule has 0 saturated heterocycles. The quantitative estimate of drug-likeness (QED) is 0.419. The molecule has 7 heteroatoms. The van der Waals surface area contributed by atoms with Gasteiger partial charge < -0.3 is 25.0 Å². The molecule has 0 bridgehead atoms. The van der Waals surface area contributed by atoms with Gasteiger partial charge in [0, 0.05) is 31.7 Å². The van der Waals surface area contributed by atoms with Crippen molar-refractivity contribution >= 4 is 17.6 Å². The maximum absolute atomic E-state index is 12.6. The Kier molecular flexibility index (Phi) is 6.37. The standard InChI is InChI=1S/C23H28N4O3/c1-2-24-23(26-15-17-9-10-20-21(14-17)30-16-29-20)25-12-5-8-22(28)27-13-11-18-6-3-4-7-19(18)27/h3-4,6-7,9-10,14H,2,5,8,11-13,15-16H2,1H3,(H2,24,25,26). The zero-order chi connectivity index (χ0) is 20.8. The molecule has 0 aliphatic carbocycles. The van der Waals surface area contributed by atoms with Crippen molar-refractivity contribution in [1.29, 1.82) is 0 Å². The van der Waals surface area contributed by atoms with Crippen LogP contribution in [-0.4, -0.2) is 38.3 Å². The summed E-state index contributed by atoms with van der Waals surface area (Å²) in [6, 6.07) is 14.0. The van der Waals surface area contributed by atoms with Crippen LogP contribution in [0.3, 0.4) is 0 Å². The average Bonchev–Trinajstić information content (AvgIpc) is 3.41. The van der Waals surface area contributed by atoms with E-state index in [4.69, 9.17) is 9.47 Å². The monoisotopic (exact) mass is 408 g/mol. The van der Waals surface area contributed by atoms with Crippen molar-refractivity contribution in [2.24, 2.45) is 4.99 Å². The van der Waals surface area contributed by atoms with Crippen molar-refractivity contribution in [1.82, 2.24) is 10.6 Å². The van der Waals surface area contributed by atoms with E-state index in [1.54, 1.807) is 0 Å². The van der Waals surface area contributed by atoms with Crippen LogP contribution in [0, 0.1) is 0 Å². The van der Waals surface area contributed by atoms with Crippen molar-refractivity contribution in [3.8, 4) is 11.5 Å². The van der Waals surface area contributed by atoms with Gasteiger partial charge >= 0.3 is 0 Å². The van der Waals surface area contributed by atoms with Crippen molar-refractivity contribution in [3.05, 3.63) is 53.6 Å². The lowest BCUT2D eigenvalue weighted by Gasteiger charge is -2.17. The molecule has 4 rings (SSSR count). The third kappa shape index (κ3) is 4.67. The van der Waals surface area contributed by atoms with Crippen LogP contribution in [0.25, 0.3) is 0 Å². The summed E-state index contributed by atoms with van der Waals surface area (Å²) in [6.07, 6.45) is 2.21. The van der Waals surface area contributed by atoms with Gasteiger partial charge in [0.1, 0.15) is 0 Å². The molecule has 2 N–H and O–H groups in total. The van der Waals surface area contributed by atoms with Gasteiger partial charge in [-0.15, -0.1) is 0 Å². The highest BCUT2D eigenvalue weighted by Gasteiger charge is 2.23. The minimum atomic E-state index is 0.184. The SMILES string of the molecule is CCNC(=NCc1ccc2c(c1)OCO2)NCCCC(=O)N1CCc2ccccc21. The van der Waals surface area contributed by atoms with E-state index in [1.165, 1.54) is 5.56 Å². The smallest absolute Gasteiger partial charge is 0.231 e. The molecule has 0 aromatic heterocycles. The van der Waals surface area contributed by atoms with E-state index in [-0.39, 0.29) is 12.7 Å². The Morgan fingerprint density at radius 2 is 2.00 bits per heavy atom. The molecule has 0 saturated carbocycles. The highest BCUT2D eigenvalue weighted by atomic mass is 16.7. The number of aliphatic imine (C=N–C) groups is 1. The second-order valence-corrected chi connectivity index (χ2v) is 7.34. The predicted molar refractivity (Wildman–Crippen MR) is 117 cm³/mol. The number of nitrogens with one attached hydrogen (secondary N) is 2. The summed E-state index contributed by atoms with van der Waals surface area (Å²) in [4.78, 5) is 19.2. The summed E-state index contributed by atoms with van der Waals surface area (Å²) in [6.45, 7) is 5.09. The topological polar surface area (TPSA) is 75.2 Å². The Balaban J connectivity index is 1.25. The molecule has 7 nitrogen and oxygen atoms in total. The van der Waals surface area contributed by atoms with Gasteiger partial charge in [-0.3, -0.25) is 4.79 Å². The highest BCUT2D eigenvalue weighted by molar-refractivity contribution is 5.95. The second-order valence-electron chi connectivity index (χ2n) is 7.34. The fourth-order valence-corrected chi connectivity index (χ4v) is 3.73. The number of benzene rings is 2. The van der Waals surface area contributed by atoms with Gasteiger partial charge in [-0.1, -0.05) is 24.3 Å². The van der Waals surface area contributed by atoms with Crippen molar-refractivity contribution in [2.75, 3.05) is 31.3 Å². The van der Waals surface area contributed by atoms with E-state index < -0.39 is 0 Å². The number of anilines is 1. The fraction of sp³-hybridized carbons (Fsp3) is 0.391. The lowest BCUT2D eigenvalue weighted by Crippen LogP contribution is -2.38. The summed E-state index contributed by atoms with van der Waals surface area (Å²) in [7, 11) is 0. The first kappa shape index (κ1) is 20.1. The number of amides is 1. The number of fused-ring (bicyclic) bond motifs is 2. The van der Waals surface area contributed by atoms with Crippen molar-refractivity contribution < 1.29 is 14.3 Å². The van der Waals surface area contributed by atoms with Gasteiger partial charge in [0.2, 0.25) is 12.7 Å². The van der Waals surface area contributed by atoms with Crippen LogP contribution in [0.1, 0.15) is 30.9 Å². The zero-order valence-electron chi connectivity index (χ0n) is 17.3. The van der Waals surface area contributed by atoms with E-state index >= 15 is 0 Å². The molecule has 0 radical (unpaired) electrons. The number of hydrogen-bond donors (Lipinski definition) is 2. The molecule has 0 unspecified atom stereocenters.